The highest BCUT2D eigenvalue weighted by atomic mass is 16.5. The van der Waals surface area contributed by atoms with Gasteiger partial charge in [-0.15, -0.1) is 0 Å². The number of ether oxygens (including phenoxy) is 1. The summed E-state index contributed by atoms with van der Waals surface area (Å²) in [7, 11) is 1.59. The van der Waals surface area contributed by atoms with Gasteiger partial charge in [0.1, 0.15) is 0 Å². The number of carbonyl (C=O) groups is 2. The second-order valence-electron chi connectivity index (χ2n) is 4.88. The first-order valence-electron chi connectivity index (χ1n) is 6.30. The van der Waals surface area contributed by atoms with Crippen molar-refractivity contribution in [3.05, 3.63) is 35.9 Å². The Kier molecular flexibility index (Phi) is 2.57. The maximum Gasteiger partial charge on any atom is 0.226 e. The van der Waals surface area contributed by atoms with Gasteiger partial charge in [0, 0.05) is 38.0 Å². The zero-order valence-corrected chi connectivity index (χ0v) is 11.0. The molecule has 98 valence electrons. The van der Waals surface area contributed by atoms with Crippen molar-refractivity contribution in [3.8, 4) is 0 Å². The number of nitrogens with zero attached hydrogens (tertiary/aromatic N) is 1. The van der Waals surface area contributed by atoms with Gasteiger partial charge >= 0.3 is 0 Å². The van der Waals surface area contributed by atoms with E-state index < -0.39 is 5.72 Å². The molecule has 0 spiro atoms. The van der Waals surface area contributed by atoms with Gasteiger partial charge < -0.3 is 4.74 Å². The lowest BCUT2D eigenvalue weighted by Crippen LogP contribution is -2.51. The summed E-state index contributed by atoms with van der Waals surface area (Å²) >= 11 is 0. The quantitative estimate of drug-likeness (QED) is 0.774. The van der Waals surface area contributed by atoms with Crippen molar-refractivity contribution in [2.75, 3.05) is 12.0 Å². The number of hydrogen-bond donors (Lipinski definition) is 0. The third kappa shape index (κ3) is 1.50. The number of rotatable bonds is 1. The molecule has 1 unspecified atom stereocenters. The molecule has 4 nitrogen and oxygen atoms in total. The standard InChI is InChI=1S/C15H15NO3/c1-10(17)16-14-6-4-3-5-12(14)13-9-11(18)7-8-15(13,16)19-2/h3-6,9H,7-8H2,1-2H3. The summed E-state index contributed by atoms with van der Waals surface area (Å²) in [5, 5.41) is 0. The van der Waals surface area contributed by atoms with E-state index in [1.165, 1.54) is 6.92 Å². The molecule has 1 aliphatic heterocycles. The molecule has 0 fully saturated rings. The predicted octanol–water partition coefficient (Wildman–Crippen LogP) is 2.14. The molecule has 19 heavy (non-hydrogen) atoms. The molecular weight excluding hydrogens is 242 g/mol. The maximum atomic E-state index is 12.0. The molecule has 3 rings (SSSR count). The van der Waals surface area contributed by atoms with Crippen molar-refractivity contribution in [2.24, 2.45) is 0 Å². The van der Waals surface area contributed by atoms with Gasteiger partial charge in [-0.05, 0) is 12.1 Å². The van der Waals surface area contributed by atoms with E-state index in [-0.39, 0.29) is 11.7 Å². The van der Waals surface area contributed by atoms with Crippen molar-refractivity contribution < 1.29 is 14.3 Å². The molecule has 1 aromatic carbocycles. The number of allylic oxidation sites excluding steroid dienone is 1. The van der Waals surface area contributed by atoms with Crippen LogP contribution in [0.4, 0.5) is 5.69 Å². The van der Waals surface area contributed by atoms with Crippen LogP contribution in [-0.2, 0) is 14.3 Å². The summed E-state index contributed by atoms with van der Waals surface area (Å²) in [6.45, 7) is 1.52. The monoisotopic (exact) mass is 257 g/mol. The van der Waals surface area contributed by atoms with E-state index >= 15 is 0 Å². The molecule has 1 amide bonds. The van der Waals surface area contributed by atoms with E-state index in [1.54, 1.807) is 18.1 Å². The van der Waals surface area contributed by atoms with Gasteiger partial charge in [-0.2, -0.15) is 0 Å². The fourth-order valence-electron chi connectivity index (χ4n) is 3.11. The molecular formula is C15H15NO3. The summed E-state index contributed by atoms with van der Waals surface area (Å²) in [5.41, 5.74) is 1.71. The third-order valence-electron chi connectivity index (χ3n) is 3.89. The number of carbonyl (C=O) groups excluding carboxylic acids is 2. The fourth-order valence-corrected chi connectivity index (χ4v) is 3.11. The minimum absolute atomic E-state index is 0.0768. The van der Waals surface area contributed by atoms with Gasteiger partial charge in [-0.3, -0.25) is 14.5 Å². The fraction of sp³-hybridized carbons (Fsp3) is 0.333. The van der Waals surface area contributed by atoms with E-state index in [1.807, 2.05) is 24.3 Å². The van der Waals surface area contributed by atoms with E-state index in [2.05, 4.69) is 0 Å². The van der Waals surface area contributed by atoms with Gasteiger partial charge in [0.05, 0.1) is 5.69 Å². The van der Waals surface area contributed by atoms with Crippen molar-refractivity contribution in [1.29, 1.82) is 0 Å². The number of benzene rings is 1. The van der Waals surface area contributed by atoms with Gasteiger partial charge in [0.15, 0.2) is 11.5 Å². The Balaban J connectivity index is 2.30. The van der Waals surface area contributed by atoms with Crippen LogP contribution in [0.3, 0.4) is 0 Å². The molecule has 0 radical (unpaired) electrons. The summed E-state index contributed by atoms with van der Waals surface area (Å²) in [6, 6.07) is 7.61. The number of ketones is 1. The molecule has 0 saturated heterocycles. The van der Waals surface area contributed by atoms with E-state index in [0.29, 0.717) is 12.8 Å². The second-order valence-corrected chi connectivity index (χ2v) is 4.88. The molecule has 0 bridgehead atoms. The van der Waals surface area contributed by atoms with Crippen molar-refractivity contribution >= 4 is 23.0 Å². The van der Waals surface area contributed by atoms with Gasteiger partial charge in [0.2, 0.25) is 5.91 Å². The average Bonchev–Trinajstić information content (AvgIpc) is 2.69. The summed E-state index contributed by atoms with van der Waals surface area (Å²) in [6.07, 6.45) is 2.52. The molecule has 0 aromatic heterocycles. The van der Waals surface area contributed by atoms with Crippen LogP contribution >= 0.6 is 0 Å². The Hall–Kier alpha value is -1.94. The molecule has 1 heterocycles. The Labute approximate surface area is 111 Å². The van der Waals surface area contributed by atoms with Gasteiger partial charge in [-0.25, -0.2) is 0 Å². The number of para-hydroxylation sites is 1. The zero-order valence-electron chi connectivity index (χ0n) is 11.0. The minimum Gasteiger partial charge on any atom is -0.354 e. The first-order valence-corrected chi connectivity index (χ1v) is 6.30. The molecule has 0 N–H and O–H groups in total. The summed E-state index contributed by atoms with van der Waals surface area (Å²) in [5.74, 6) is 0.00919. The predicted molar refractivity (Wildman–Crippen MR) is 71.6 cm³/mol. The van der Waals surface area contributed by atoms with Crippen LogP contribution in [0.2, 0.25) is 0 Å². The topological polar surface area (TPSA) is 46.6 Å². The Morgan fingerprint density at radius 1 is 1.37 bits per heavy atom. The average molecular weight is 257 g/mol. The summed E-state index contributed by atoms with van der Waals surface area (Å²) in [4.78, 5) is 25.4. The van der Waals surface area contributed by atoms with Gasteiger partial charge in [-0.1, -0.05) is 18.2 Å². The molecule has 2 aliphatic rings. The molecule has 1 aliphatic carbocycles. The molecule has 0 saturated carbocycles. The van der Waals surface area contributed by atoms with Crippen LogP contribution in [0, 0.1) is 0 Å². The van der Waals surface area contributed by atoms with Crippen LogP contribution < -0.4 is 4.90 Å². The zero-order chi connectivity index (χ0) is 13.6. The smallest absolute Gasteiger partial charge is 0.226 e. The SMILES string of the molecule is COC12CCC(=O)C=C1c1ccccc1N2C(C)=O. The molecule has 1 aromatic rings. The number of amides is 1. The molecule has 4 heteroatoms. The van der Waals surface area contributed by atoms with Crippen LogP contribution in [0.5, 0.6) is 0 Å². The Bertz CT molecular complexity index is 605. The minimum atomic E-state index is -0.816. The second kappa shape index (κ2) is 4.03. The van der Waals surface area contributed by atoms with E-state index in [9.17, 15) is 9.59 Å². The van der Waals surface area contributed by atoms with E-state index in [4.69, 9.17) is 4.74 Å². The number of methoxy groups -OCH3 is 1. The number of fused-ring (bicyclic) bond motifs is 3. The lowest BCUT2D eigenvalue weighted by atomic mass is 9.87. The normalized spacial score (nSPS) is 24.8. The van der Waals surface area contributed by atoms with E-state index in [0.717, 1.165) is 16.8 Å². The third-order valence-corrected chi connectivity index (χ3v) is 3.89. The van der Waals surface area contributed by atoms with Crippen LogP contribution in [0.25, 0.3) is 5.57 Å². The highest BCUT2D eigenvalue weighted by molar-refractivity contribution is 6.11. The van der Waals surface area contributed by atoms with Crippen molar-refractivity contribution in [2.45, 2.75) is 25.5 Å². The lowest BCUT2D eigenvalue weighted by Gasteiger charge is -2.39. The Morgan fingerprint density at radius 2 is 2.11 bits per heavy atom. The molecule has 1 atom stereocenters. The van der Waals surface area contributed by atoms with Gasteiger partial charge in [0.25, 0.3) is 0 Å². The van der Waals surface area contributed by atoms with Crippen LogP contribution in [0.15, 0.2) is 30.3 Å². The number of hydrogen-bond acceptors (Lipinski definition) is 3. The first kappa shape index (κ1) is 12.1. The summed E-state index contributed by atoms with van der Waals surface area (Å²) < 4.78 is 5.69. The van der Waals surface area contributed by atoms with Crippen LogP contribution in [0.1, 0.15) is 25.3 Å². The maximum absolute atomic E-state index is 12.0. The highest BCUT2D eigenvalue weighted by Crippen LogP contribution is 2.51. The Morgan fingerprint density at radius 3 is 2.79 bits per heavy atom. The van der Waals surface area contributed by atoms with Crippen molar-refractivity contribution in [3.63, 3.8) is 0 Å². The van der Waals surface area contributed by atoms with Crippen LogP contribution in [-0.4, -0.2) is 24.5 Å². The number of anilines is 1. The van der Waals surface area contributed by atoms with Crippen molar-refractivity contribution in [1.82, 2.24) is 0 Å². The highest BCUT2D eigenvalue weighted by Gasteiger charge is 2.51. The first-order chi connectivity index (χ1) is 9.10. The lowest BCUT2D eigenvalue weighted by molar-refractivity contribution is -0.123. The largest absolute Gasteiger partial charge is 0.354 e.